The van der Waals surface area contributed by atoms with E-state index in [1.54, 1.807) is 0 Å². The summed E-state index contributed by atoms with van der Waals surface area (Å²) in [5.74, 6) is -2.58. The fourth-order valence-corrected chi connectivity index (χ4v) is 5.71. The molecule has 18 heavy (non-hydrogen) atoms. The van der Waals surface area contributed by atoms with Crippen LogP contribution in [0.15, 0.2) is 11.5 Å². The molecule has 10 nitrogen and oxygen atoms in total. The van der Waals surface area contributed by atoms with Crippen molar-refractivity contribution in [1.29, 1.82) is 0 Å². The Labute approximate surface area is 109 Å². The summed E-state index contributed by atoms with van der Waals surface area (Å²) in [4.78, 5) is 11.0. The van der Waals surface area contributed by atoms with Gasteiger partial charge in [0.05, 0.1) is 0 Å². The van der Waals surface area contributed by atoms with Gasteiger partial charge < -0.3 is 0 Å². The van der Waals surface area contributed by atoms with Gasteiger partial charge >= 0.3 is 109 Å². The van der Waals surface area contributed by atoms with E-state index in [1.165, 1.54) is 0 Å². The van der Waals surface area contributed by atoms with Gasteiger partial charge in [-0.1, -0.05) is 0 Å². The van der Waals surface area contributed by atoms with Crippen molar-refractivity contribution < 1.29 is 41.2 Å². The molecule has 0 saturated carbocycles. The van der Waals surface area contributed by atoms with Crippen molar-refractivity contribution in [2.45, 2.75) is 12.2 Å². The molecule has 0 aromatic rings. The Morgan fingerprint density at radius 1 is 1.44 bits per heavy atom. The number of esters is 1. The molecule has 2 aliphatic rings. The molecule has 1 saturated heterocycles. The molecule has 2 atom stereocenters. The van der Waals surface area contributed by atoms with E-state index in [0.717, 1.165) is 0 Å². The fraction of sp³-hybridized carbons (Fsp3) is 0.500. The molecule has 102 valence electrons. The van der Waals surface area contributed by atoms with Gasteiger partial charge in [-0.25, -0.2) is 0 Å². The van der Waals surface area contributed by atoms with E-state index in [-0.39, 0.29) is 0 Å². The monoisotopic (exact) mass is 392 g/mol. The van der Waals surface area contributed by atoms with Crippen LogP contribution in [0.4, 0.5) is 0 Å². The minimum atomic E-state index is -4.03. The second-order valence-corrected chi connectivity index (χ2v) is 8.63. The molecular weight excluding hydrogens is 386 g/mol. The van der Waals surface area contributed by atoms with Gasteiger partial charge in [0.2, 0.25) is 0 Å². The number of aliphatic hydroxyl groups excluding tert-OH is 3. The first kappa shape index (κ1) is 13.8. The molecule has 0 bridgehead atoms. The van der Waals surface area contributed by atoms with Crippen molar-refractivity contribution in [3.05, 3.63) is 11.5 Å². The van der Waals surface area contributed by atoms with E-state index in [4.69, 9.17) is 8.12 Å². The first-order valence-electron chi connectivity index (χ1n) is 4.39. The van der Waals surface area contributed by atoms with Crippen molar-refractivity contribution in [3.63, 3.8) is 0 Å². The van der Waals surface area contributed by atoms with Gasteiger partial charge in [0.15, 0.2) is 0 Å². The molecule has 0 amide bonds. The number of ether oxygens (including phenoxy) is 1. The van der Waals surface area contributed by atoms with Crippen LogP contribution in [-0.4, -0.2) is 70.0 Å². The third-order valence-electron chi connectivity index (χ3n) is 1.93. The molecule has 2 heterocycles. The van der Waals surface area contributed by atoms with Crippen LogP contribution < -0.4 is 0 Å². The standard InChI is InChI=1S/C6H8O6.H2O4S.Sb/c7-1-2(8)5-3(9)4(10)6(11)12-5;1-5(2,3)4;/h2,5,7-10H,1H2;(H2,1,2,3,4);/q;;+3/p-3/t2-,5+;;/m0../s1. The summed E-state index contributed by atoms with van der Waals surface area (Å²) in [6, 6.07) is 0. The molecule has 0 radical (unpaired) electrons. The second-order valence-electron chi connectivity index (χ2n) is 3.16. The molecule has 0 aromatic heterocycles. The van der Waals surface area contributed by atoms with Crippen molar-refractivity contribution in [2.24, 2.45) is 0 Å². The quantitative estimate of drug-likeness (QED) is 0.341. The number of carbonyl (C=O) groups is 1. The first-order chi connectivity index (χ1) is 8.34. The topological polar surface area (TPSA) is 149 Å². The Morgan fingerprint density at radius 2 is 2.06 bits per heavy atom. The SMILES string of the molecule is O=C1O[C@H]([C@@H](O)CO)C([O][Sb]2[O]S(=O)(=O)[O]2)=C1O. The molecule has 0 aliphatic carbocycles. The van der Waals surface area contributed by atoms with Crippen molar-refractivity contribution >= 4 is 37.8 Å². The number of aliphatic hydroxyl groups is 3. The summed E-state index contributed by atoms with van der Waals surface area (Å²) in [7, 11) is -4.03. The number of carbonyl (C=O) groups excluding carboxylic acids is 1. The van der Waals surface area contributed by atoms with Crippen LogP contribution in [0.3, 0.4) is 0 Å². The Bertz CT molecular complexity index is 484. The molecule has 12 heteroatoms. The number of cyclic esters (lactones) is 1. The second kappa shape index (κ2) is 4.83. The molecule has 0 spiro atoms. The van der Waals surface area contributed by atoms with Gasteiger partial charge in [-0.3, -0.25) is 0 Å². The summed E-state index contributed by atoms with van der Waals surface area (Å²) >= 11 is -3.51. The molecule has 3 N–H and O–H groups in total. The van der Waals surface area contributed by atoms with Crippen LogP contribution >= 0.6 is 0 Å². The predicted molar refractivity (Wildman–Crippen MR) is 50.6 cm³/mol. The predicted octanol–water partition coefficient (Wildman–Crippen LogP) is -2.67. The third-order valence-corrected chi connectivity index (χ3v) is 8.74. The van der Waals surface area contributed by atoms with E-state index in [2.05, 4.69) is 9.66 Å². The molecule has 1 fully saturated rings. The minimum absolute atomic E-state index is 0.501. The van der Waals surface area contributed by atoms with E-state index in [1.807, 2.05) is 0 Å². The molecule has 0 aromatic carbocycles. The normalized spacial score (nSPS) is 28.8. The Balaban J connectivity index is 2.10. The van der Waals surface area contributed by atoms with Crippen molar-refractivity contribution in [2.75, 3.05) is 6.61 Å². The zero-order valence-electron chi connectivity index (χ0n) is 8.42. The maximum atomic E-state index is 11.0. The van der Waals surface area contributed by atoms with E-state index < -0.39 is 68.2 Å². The Morgan fingerprint density at radius 3 is 2.56 bits per heavy atom. The van der Waals surface area contributed by atoms with Gasteiger partial charge in [-0.05, 0) is 0 Å². The van der Waals surface area contributed by atoms with Gasteiger partial charge in [-0.2, -0.15) is 0 Å². The van der Waals surface area contributed by atoms with E-state index in [9.17, 15) is 23.4 Å². The van der Waals surface area contributed by atoms with Gasteiger partial charge in [-0.15, -0.1) is 0 Å². The summed E-state index contributed by atoms with van der Waals surface area (Å²) in [5, 5.41) is 27.4. The maximum absolute atomic E-state index is 11.0. The van der Waals surface area contributed by atoms with Crippen LogP contribution in [-0.2, 0) is 27.9 Å². The number of hydrogen-bond donors (Lipinski definition) is 3. The van der Waals surface area contributed by atoms with Crippen LogP contribution in [0, 0.1) is 0 Å². The van der Waals surface area contributed by atoms with Crippen molar-refractivity contribution in [3.8, 4) is 0 Å². The van der Waals surface area contributed by atoms with Crippen LogP contribution in [0.1, 0.15) is 0 Å². The molecular formula is C6H7O10SSb. The van der Waals surface area contributed by atoms with Gasteiger partial charge in [0, 0.05) is 0 Å². The summed E-state index contributed by atoms with van der Waals surface area (Å²) in [5.41, 5.74) is 0. The molecule has 0 unspecified atom stereocenters. The summed E-state index contributed by atoms with van der Waals surface area (Å²) < 4.78 is 39.1. The fourth-order valence-electron chi connectivity index (χ4n) is 1.17. The average molecular weight is 393 g/mol. The number of hydrogen-bond acceptors (Lipinski definition) is 10. The Hall–Kier alpha value is -0.582. The third kappa shape index (κ3) is 2.56. The average Bonchev–Trinajstić information content (AvgIpc) is 2.54. The summed E-state index contributed by atoms with van der Waals surface area (Å²) in [6.45, 7) is -0.755. The van der Waals surface area contributed by atoms with Gasteiger partial charge in [0.25, 0.3) is 0 Å². The Kier molecular flexibility index (Phi) is 3.72. The number of rotatable bonds is 4. The summed E-state index contributed by atoms with van der Waals surface area (Å²) in [6.07, 6.45) is -2.95. The zero-order chi connectivity index (χ0) is 13.5. The van der Waals surface area contributed by atoms with Crippen LogP contribution in [0.25, 0.3) is 0 Å². The van der Waals surface area contributed by atoms with E-state index >= 15 is 0 Å². The van der Waals surface area contributed by atoms with Crippen LogP contribution in [0.5, 0.6) is 0 Å². The van der Waals surface area contributed by atoms with Crippen molar-refractivity contribution in [1.82, 2.24) is 0 Å². The first-order valence-corrected chi connectivity index (χ1v) is 8.85. The molecule has 2 rings (SSSR count). The van der Waals surface area contributed by atoms with E-state index in [0.29, 0.717) is 0 Å². The van der Waals surface area contributed by atoms with Gasteiger partial charge in [0.1, 0.15) is 0 Å². The molecule has 2 aliphatic heterocycles. The van der Waals surface area contributed by atoms with Crippen LogP contribution in [0.2, 0.25) is 0 Å². The zero-order valence-corrected chi connectivity index (χ0v) is 11.8.